The minimum atomic E-state index is 0.515. The molecule has 3 nitrogen and oxygen atoms in total. The Morgan fingerprint density at radius 3 is 2.15 bits per heavy atom. The summed E-state index contributed by atoms with van der Waals surface area (Å²) in [6.07, 6.45) is 0. The minimum Gasteiger partial charge on any atom is -0.369 e. The summed E-state index contributed by atoms with van der Waals surface area (Å²) >= 11 is 0. The van der Waals surface area contributed by atoms with Gasteiger partial charge in [-0.25, -0.2) is 0 Å². The first-order valence-corrected chi connectivity index (χ1v) is 4.68. The van der Waals surface area contributed by atoms with Gasteiger partial charge in [0.1, 0.15) is 0 Å². The van der Waals surface area contributed by atoms with Gasteiger partial charge in [0.15, 0.2) is 0 Å². The van der Waals surface area contributed by atoms with Crippen molar-refractivity contribution >= 4 is 5.69 Å². The van der Waals surface area contributed by atoms with E-state index in [0.29, 0.717) is 6.04 Å². The van der Waals surface area contributed by atoms with Gasteiger partial charge in [0.25, 0.3) is 0 Å². The van der Waals surface area contributed by atoms with E-state index in [9.17, 15) is 0 Å². The predicted octanol–water partition coefficient (Wildman–Crippen LogP) is 1.88. The highest BCUT2D eigenvalue weighted by atomic mass is 15.3. The van der Waals surface area contributed by atoms with Crippen LogP contribution in [0.4, 0.5) is 5.69 Å². The number of aromatic nitrogens is 2. The molecule has 0 unspecified atom stereocenters. The molecular weight excluding hydrogens is 162 g/mol. The number of rotatable bonds is 2. The van der Waals surface area contributed by atoms with Crippen LogP contribution in [0.1, 0.15) is 25.2 Å². The standard InChI is InChI=1S/C10H19N3/c1-7(2)12(5)10-8(3)11-13(6)9(10)4/h7H,1-6H3. The molecule has 0 saturated heterocycles. The van der Waals surface area contributed by atoms with Crippen LogP contribution in [0.5, 0.6) is 0 Å². The van der Waals surface area contributed by atoms with Crippen LogP contribution in [-0.4, -0.2) is 22.9 Å². The fourth-order valence-corrected chi connectivity index (χ4v) is 1.53. The lowest BCUT2D eigenvalue weighted by Gasteiger charge is -2.23. The fourth-order valence-electron chi connectivity index (χ4n) is 1.53. The van der Waals surface area contributed by atoms with Gasteiger partial charge in [-0.3, -0.25) is 4.68 Å². The maximum atomic E-state index is 4.39. The zero-order chi connectivity index (χ0) is 10.2. The number of anilines is 1. The molecule has 13 heavy (non-hydrogen) atoms. The summed E-state index contributed by atoms with van der Waals surface area (Å²) in [4.78, 5) is 2.26. The van der Waals surface area contributed by atoms with Crippen LogP contribution in [0.2, 0.25) is 0 Å². The first kappa shape index (κ1) is 10.1. The molecule has 1 aromatic rings. The number of aryl methyl sites for hydroxylation is 2. The molecule has 0 saturated carbocycles. The largest absolute Gasteiger partial charge is 0.369 e. The first-order valence-electron chi connectivity index (χ1n) is 4.68. The van der Waals surface area contributed by atoms with E-state index in [-0.39, 0.29) is 0 Å². The molecular formula is C10H19N3. The molecule has 0 N–H and O–H groups in total. The smallest absolute Gasteiger partial charge is 0.0829 e. The molecule has 0 atom stereocenters. The molecule has 0 aliphatic heterocycles. The van der Waals surface area contributed by atoms with Gasteiger partial charge in [0, 0.05) is 20.1 Å². The molecule has 0 bridgehead atoms. The summed E-state index contributed by atoms with van der Waals surface area (Å²) in [5.74, 6) is 0. The number of hydrogen-bond acceptors (Lipinski definition) is 2. The Kier molecular flexibility index (Phi) is 2.64. The van der Waals surface area contributed by atoms with Gasteiger partial charge in [-0.05, 0) is 27.7 Å². The maximum Gasteiger partial charge on any atom is 0.0829 e. The van der Waals surface area contributed by atoms with Crippen molar-refractivity contribution in [3.05, 3.63) is 11.4 Å². The topological polar surface area (TPSA) is 21.1 Å². The summed E-state index contributed by atoms with van der Waals surface area (Å²) in [6, 6.07) is 0.515. The van der Waals surface area contributed by atoms with Gasteiger partial charge in [0.2, 0.25) is 0 Å². The molecule has 0 aromatic carbocycles. The van der Waals surface area contributed by atoms with Crippen LogP contribution < -0.4 is 4.90 Å². The second-order valence-electron chi connectivity index (χ2n) is 3.85. The van der Waals surface area contributed by atoms with E-state index in [1.807, 2.05) is 11.7 Å². The van der Waals surface area contributed by atoms with Gasteiger partial charge in [-0.15, -0.1) is 0 Å². The molecule has 0 aliphatic rings. The SMILES string of the molecule is Cc1nn(C)c(C)c1N(C)C(C)C. The van der Waals surface area contributed by atoms with E-state index in [0.717, 1.165) is 5.69 Å². The third-order valence-electron chi connectivity index (χ3n) is 2.60. The molecule has 0 amide bonds. The van der Waals surface area contributed by atoms with Crippen molar-refractivity contribution in [2.75, 3.05) is 11.9 Å². The normalized spacial score (nSPS) is 11.0. The first-order chi connectivity index (χ1) is 5.95. The Balaban J connectivity index is 3.13. The quantitative estimate of drug-likeness (QED) is 0.694. The van der Waals surface area contributed by atoms with Crippen molar-refractivity contribution in [1.82, 2.24) is 9.78 Å². The maximum absolute atomic E-state index is 4.39. The summed E-state index contributed by atoms with van der Waals surface area (Å²) in [6.45, 7) is 8.53. The van der Waals surface area contributed by atoms with Crippen LogP contribution in [0.25, 0.3) is 0 Å². The summed E-state index contributed by atoms with van der Waals surface area (Å²) in [5.41, 5.74) is 3.60. The molecule has 0 spiro atoms. The lowest BCUT2D eigenvalue weighted by atomic mass is 10.2. The van der Waals surface area contributed by atoms with Crippen molar-refractivity contribution in [2.45, 2.75) is 33.7 Å². The highest BCUT2D eigenvalue weighted by molar-refractivity contribution is 5.54. The predicted molar refractivity (Wildman–Crippen MR) is 56.2 cm³/mol. The van der Waals surface area contributed by atoms with Gasteiger partial charge in [0.05, 0.1) is 17.1 Å². The van der Waals surface area contributed by atoms with Crippen molar-refractivity contribution in [2.24, 2.45) is 7.05 Å². The van der Waals surface area contributed by atoms with E-state index in [2.05, 4.69) is 44.7 Å². The van der Waals surface area contributed by atoms with Gasteiger partial charge >= 0.3 is 0 Å². The lowest BCUT2D eigenvalue weighted by Crippen LogP contribution is -2.26. The minimum absolute atomic E-state index is 0.515. The van der Waals surface area contributed by atoms with Gasteiger partial charge in [-0.2, -0.15) is 5.10 Å². The molecule has 1 aromatic heterocycles. The molecule has 3 heteroatoms. The lowest BCUT2D eigenvalue weighted by molar-refractivity contribution is 0.725. The molecule has 1 rings (SSSR count). The average molecular weight is 181 g/mol. The van der Waals surface area contributed by atoms with Crippen LogP contribution in [-0.2, 0) is 7.05 Å². The zero-order valence-electron chi connectivity index (χ0n) is 9.42. The van der Waals surface area contributed by atoms with E-state index >= 15 is 0 Å². The zero-order valence-corrected chi connectivity index (χ0v) is 9.42. The molecule has 74 valence electrons. The monoisotopic (exact) mass is 181 g/mol. The van der Waals surface area contributed by atoms with Crippen LogP contribution >= 0.6 is 0 Å². The second kappa shape index (κ2) is 3.40. The average Bonchev–Trinajstić information content (AvgIpc) is 2.26. The number of nitrogens with zero attached hydrogens (tertiary/aromatic N) is 3. The van der Waals surface area contributed by atoms with E-state index in [1.165, 1.54) is 11.4 Å². The van der Waals surface area contributed by atoms with E-state index in [4.69, 9.17) is 0 Å². The van der Waals surface area contributed by atoms with E-state index in [1.54, 1.807) is 0 Å². The Hall–Kier alpha value is -0.990. The molecule has 1 heterocycles. The summed E-state index contributed by atoms with van der Waals surface area (Å²) in [7, 11) is 4.10. The molecule has 0 fully saturated rings. The van der Waals surface area contributed by atoms with Gasteiger partial charge < -0.3 is 4.90 Å². The molecule has 0 radical (unpaired) electrons. The summed E-state index contributed by atoms with van der Waals surface area (Å²) in [5, 5.41) is 4.39. The fraction of sp³-hybridized carbons (Fsp3) is 0.700. The Morgan fingerprint density at radius 2 is 1.85 bits per heavy atom. The third-order valence-corrected chi connectivity index (χ3v) is 2.60. The second-order valence-corrected chi connectivity index (χ2v) is 3.85. The van der Waals surface area contributed by atoms with Crippen molar-refractivity contribution < 1.29 is 0 Å². The van der Waals surface area contributed by atoms with E-state index < -0.39 is 0 Å². The Labute approximate surface area is 80.4 Å². The van der Waals surface area contributed by atoms with Crippen LogP contribution in [0.15, 0.2) is 0 Å². The van der Waals surface area contributed by atoms with Crippen molar-refractivity contribution in [1.29, 1.82) is 0 Å². The Bertz CT molecular complexity index is 299. The third kappa shape index (κ3) is 1.69. The van der Waals surface area contributed by atoms with Crippen molar-refractivity contribution in [3.8, 4) is 0 Å². The van der Waals surface area contributed by atoms with Crippen LogP contribution in [0.3, 0.4) is 0 Å². The Morgan fingerprint density at radius 1 is 1.31 bits per heavy atom. The summed E-state index contributed by atoms with van der Waals surface area (Å²) < 4.78 is 1.93. The van der Waals surface area contributed by atoms with Crippen molar-refractivity contribution in [3.63, 3.8) is 0 Å². The highest BCUT2D eigenvalue weighted by Gasteiger charge is 2.15. The number of hydrogen-bond donors (Lipinski definition) is 0. The van der Waals surface area contributed by atoms with Gasteiger partial charge in [-0.1, -0.05) is 0 Å². The van der Waals surface area contributed by atoms with Crippen LogP contribution in [0, 0.1) is 13.8 Å². The highest BCUT2D eigenvalue weighted by Crippen LogP contribution is 2.23. The molecule has 0 aliphatic carbocycles.